The van der Waals surface area contributed by atoms with Gasteiger partial charge in [-0.05, 0) is 37.2 Å². The van der Waals surface area contributed by atoms with Gasteiger partial charge < -0.3 is 14.6 Å². The summed E-state index contributed by atoms with van der Waals surface area (Å²) < 4.78 is 5.36. The lowest BCUT2D eigenvalue weighted by molar-refractivity contribution is 0.324. The van der Waals surface area contributed by atoms with Crippen molar-refractivity contribution in [2.24, 2.45) is 0 Å². The highest BCUT2D eigenvalue weighted by atomic mass is 32.2. The van der Waals surface area contributed by atoms with Crippen LogP contribution in [0.2, 0.25) is 0 Å². The minimum atomic E-state index is -0.0656. The van der Waals surface area contributed by atoms with Gasteiger partial charge in [-0.3, -0.25) is 4.79 Å². The first-order valence-electron chi connectivity index (χ1n) is 9.66. The number of rotatable bonds is 9. The molecule has 0 saturated heterocycles. The van der Waals surface area contributed by atoms with E-state index in [4.69, 9.17) is 9.72 Å². The summed E-state index contributed by atoms with van der Waals surface area (Å²) in [6.45, 7) is 9.50. The molecule has 0 saturated carbocycles. The van der Waals surface area contributed by atoms with Crippen molar-refractivity contribution in [3.8, 4) is 16.9 Å². The van der Waals surface area contributed by atoms with E-state index in [0.717, 1.165) is 53.5 Å². The fourth-order valence-electron chi connectivity index (χ4n) is 3.25. The van der Waals surface area contributed by atoms with Crippen LogP contribution in [0.5, 0.6) is 5.75 Å². The van der Waals surface area contributed by atoms with Crippen molar-refractivity contribution in [3.05, 3.63) is 39.5 Å². The van der Waals surface area contributed by atoms with Crippen molar-refractivity contribution in [3.63, 3.8) is 0 Å². The monoisotopic (exact) mass is 417 g/mol. The van der Waals surface area contributed by atoms with Crippen LogP contribution in [0, 0.1) is 0 Å². The van der Waals surface area contributed by atoms with Crippen molar-refractivity contribution in [1.29, 1.82) is 0 Å². The Morgan fingerprint density at radius 2 is 2.04 bits per heavy atom. The topological polar surface area (TPSA) is 58.2 Å². The van der Waals surface area contributed by atoms with E-state index in [1.165, 1.54) is 4.88 Å². The highest BCUT2D eigenvalue weighted by Crippen LogP contribution is 2.38. The Hall–Kier alpha value is -1.83. The fourth-order valence-corrected chi connectivity index (χ4v) is 5.30. The number of methoxy groups -OCH3 is 1. The van der Waals surface area contributed by atoms with E-state index in [9.17, 15) is 4.79 Å². The highest BCUT2D eigenvalue weighted by molar-refractivity contribution is 7.99. The number of thiophene rings is 1. The number of nitrogens with one attached hydrogen (secondary N) is 1. The molecule has 1 aromatic carbocycles. The van der Waals surface area contributed by atoms with E-state index < -0.39 is 0 Å². The normalized spacial score (nSPS) is 11.5. The van der Waals surface area contributed by atoms with Crippen LogP contribution in [-0.4, -0.2) is 47.4 Å². The van der Waals surface area contributed by atoms with Crippen LogP contribution in [0.4, 0.5) is 0 Å². The zero-order valence-electron chi connectivity index (χ0n) is 16.9. The number of thioether (sulfide) groups is 1. The number of H-pyrrole nitrogens is 1. The van der Waals surface area contributed by atoms with Gasteiger partial charge >= 0.3 is 0 Å². The summed E-state index contributed by atoms with van der Waals surface area (Å²) in [4.78, 5) is 25.0. The van der Waals surface area contributed by atoms with E-state index in [0.29, 0.717) is 10.5 Å². The molecule has 0 aliphatic carbocycles. The first-order valence-corrected chi connectivity index (χ1v) is 11.5. The molecule has 0 bridgehead atoms. The van der Waals surface area contributed by atoms with Gasteiger partial charge in [-0.15, -0.1) is 11.3 Å². The van der Waals surface area contributed by atoms with E-state index in [2.05, 4.69) is 30.7 Å². The van der Waals surface area contributed by atoms with E-state index in [-0.39, 0.29) is 5.56 Å². The van der Waals surface area contributed by atoms with Crippen LogP contribution in [0.15, 0.2) is 34.2 Å². The zero-order chi connectivity index (χ0) is 20.1. The molecule has 2 heterocycles. The number of nitrogens with zero attached hydrogens (tertiary/aromatic N) is 2. The Labute approximate surface area is 174 Å². The van der Waals surface area contributed by atoms with Gasteiger partial charge in [0, 0.05) is 22.7 Å². The molecule has 0 radical (unpaired) electrons. The molecule has 28 heavy (non-hydrogen) atoms. The minimum Gasteiger partial charge on any atom is -0.497 e. The molecule has 0 atom stereocenters. The van der Waals surface area contributed by atoms with Gasteiger partial charge in [-0.2, -0.15) is 0 Å². The Morgan fingerprint density at radius 1 is 1.25 bits per heavy atom. The summed E-state index contributed by atoms with van der Waals surface area (Å²) in [5.74, 6) is 1.69. The SMILES string of the molecule is CCc1sc2nc(SCCN(CC)CC)[nH]c(=O)c2c1-c1cccc(OC)c1. The van der Waals surface area contributed by atoms with Crippen molar-refractivity contribution in [1.82, 2.24) is 14.9 Å². The average Bonchev–Trinajstić information content (AvgIpc) is 3.10. The zero-order valence-corrected chi connectivity index (χ0v) is 18.5. The summed E-state index contributed by atoms with van der Waals surface area (Å²) in [7, 11) is 1.65. The maximum atomic E-state index is 12.9. The maximum Gasteiger partial charge on any atom is 0.260 e. The predicted molar refractivity (Wildman–Crippen MR) is 120 cm³/mol. The molecule has 1 N–H and O–H groups in total. The van der Waals surface area contributed by atoms with Crippen LogP contribution < -0.4 is 10.3 Å². The van der Waals surface area contributed by atoms with Crippen LogP contribution >= 0.6 is 23.1 Å². The number of hydrogen-bond donors (Lipinski definition) is 1. The molecule has 3 aromatic rings. The lowest BCUT2D eigenvalue weighted by atomic mass is 10.0. The summed E-state index contributed by atoms with van der Waals surface area (Å²) in [6, 6.07) is 7.87. The second kappa shape index (κ2) is 9.58. The van der Waals surface area contributed by atoms with Gasteiger partial charge in [0.05, 0.1) is 12.5 Å². The van der Waals surface area contributed by atoms with Gasteiger partial charge in [-0.1, -0.05) is 44.7 Å². The van der Waals surface area contributed by atoms with Crippen molar-refractivity contribution < 1.29 is 4.74 Å². The molecule has 0 aliphatic heterocycles. The maximum absolute atomic E-state index is 12.9. The minimum absolute atomic E-state index is 0.0656. The van der Waals surface area contributed by atoms with Crippen LogP contribution in [0.1, 0.15) is 25.6 Å². The average molecular weight is 418 g/mol. The van der Waals surface area contributed by atoms with Gasteiger partial charge in [0.25, 0.3) is 5.56 Å². The number of hydrogen-bond acceptors (Lipinski definition) is 6. The first kappa shape index (κ1) is 20.9. The van der Waals surface area contributed by atoms with Gasteiger partial charge in [-0.25, -0.2) is 4.98 Å². The van der Waals surface area contributed by atoms with E-state index >= 15 is 0 Å². The summed E-state index contributed by atoms with van der Waals surface area (Å²) in [6.07, 6.45) is 0.859. The Balaban J connectivity index is 1.97. The number of fused-ring (bicyclic) bond motifs is 1. The fraction of sp³-hybridized carbons (Fsp3) is 0.429. The molecule has 0 spiro atoms. The largest absolute Gasteiger partial charge is 0.497 e. The molecule has 150 valence electrons. The molecule has 0 amide bonds. The van der Waals surface area contributed by atoms with Crippen LogP contribution in [-0.2, 0) is 6.42 Å². The van der Waals surface area contributed by atoms with Crippen molar-refractivity contribution in [2.75, 3.05) is 32.5 Å². The number of aromatic amines is 1. The van der Waals surface area contributed by atoms with Crippen molar-refractivity contribution >= 4 is 33.3 Å². The Bertz CT molecular complexity index is 993. The molecule has 2 aromatic heterocycles. The van der Waals surface area contributed by atoms with Crippen molar-refractivity contribution in [2.45, 2.75) is 32.3 Å². The number of benzene rings is 1. The van der Waals surface area contributed by atoms with Gasteiger partial charge in [0.1, 0.15) is 10.6 Å². The lowest BCUT2D eigenvalue weighted by Gasteiger charge is -2.16. The summed E-state index contributed by atoms with van der Waals surface area (Å²) in [5.41, 5.74) is 1.91. The van der Waals surface area contributed by atoms with E-state index in [1.807, 2.05) is 24.3 Å². The molecule has 7 heteroatoms. The second-order valence-corrected chi connectivity index (χ2v) is 8.58. The Kier molecular flexibility index (Phi) is 7.15. The van der Waals surface area contributed by atoms with Crippen LogP contribution in [0.25, 0.3) is 21.3 Å². The smallest absolute Gasteiger partial charge is 0.260 e. The third kappa shape index (κ3) is 4.42. The molecule has 0 aliphatic rings. The summed E-state index contributed by atoms with van der Waals surface area (Å²) >= 11 is 3.23. The molecule has 5 nitrogen and oxygen atoms in total. The Morgan fingerprint density at radius 3 is 2.71 bits per heavy atom. The molecule has 0 fully saturated rings. The third-order valence-electron chi connectivity index (χ3n) is 4.83. The number of aromatic nitrogens is 2. The van der Waals surface area contributed by atoms with Gasteiger partial charge in [0.2, 0.25) is 0 Å². The standard InChI is InChI=1S/C21H27N3O2S2/c1-5-16-17(14-9-8-10-15(13-14)26-4)18-19(25)22-21(23-20(18)28-16)27-12-11-24(6-2)7-3/h8-10,13H,5-7,11-12H2,1-4H3,(H,22,23,25). The second-order valence-electron chi connectivity index (χ2n) is 6.41. The molecule has 0 unspecified atom stereocenters. The first-order chi connectivity index (χ1) is 13.6. The summed E-state index contributed by atoms with van der Waals surface area (Å²) in [5, 5.41) is 1.38. The predicted octanol–water partition coefficient (Wildman–Crippen LogP) is 4.66. The highest BCUT2D eigenvalue weighted by Gasteiger charge is 2.18. The quantitative estimate of drug-likeness (QED) is 0.405. The van der Waals surface area contributed by atoms with E-state index in [1.54, 1.807) is 30.2 Å². The number of ether oxygens (including phenoxy) is 1. The molecule has 3 rings (SSSR count). The lowest BCUT2D eigenvalue weighted by Crippen LogP contribution is -2.25. The number of aryl methyl sites for hydroxylation is 1. The molecular weight excluding hydrogens is 390 g/mol. The third-order valence-corrected chi connectivity index (χ3v) is 6.91. The molecular formula is C21H27N3O2S2. The van der Waals surface area contributed by atoms with Crippen LogP contribution in [0.3, 0.4) is 0 Å². The van der Waals surface area contributed by atoms with Gasteiger partial charge in [0.15, 0.2) is 5.16 Å².